The number of amides is 2. The maximum absolute atomic E-state index is 13.3. The number of rotatable bonds is 10. The van der Waals surface area contributed by atoms with Gasteiger partial charge in [-0.3, -0.25) is 9.59 Å². The Labute approximate surface area is 187 Å². The Balaban J connectivity index is 1.79. The number of ether oxygens (including phenoxy) is 1. The lowest BCUT2D eigenvalue weighted by Crippen LogP contribution is -2.43. The van der Waals surface area contributed by atoms with E-state index in [2.05, 4.69) is 0 Å². The summed E-state index contributed by atoms with van der Waals surface area (Å²) in [5.74, 6) is 0.419. The average molecular weight is 438 g/mol. The first-order chi connectivity index (χ1) is 15.5. The van der Waals surface area contributed by atoms with Gasteiger partial charge in [-0.15, -0.1) is 0 Å². The van der Waals surface area contributed by atoms with Gasteiger partial charge in [0.05, 0.1) is 13.2 Å². The molecule has 0 spiro atoms. The van der Waals surface area contributed by atoms with E-state index in [1.807, 2.05) is 49.4 Å². The third kappa shape index (κ3) is 6.52. The smallest absolute Gasteiger partial charge is 0.254 e. The van der Waals surface area contributed by atoms with Crippen LogP contribution in [-0.4, -0.2) is 48.4 Å². The lowest BCUT2D eigenvalue weighted by atomic mass is 10.2. The second kappa shape index (κ2) is 11.2. The quantitative estimate of drug-likeness (QED) is 0.479. The highest BCUT2D eigenvalue weighted by molar-refractivity contribution is 5.96. The fourth-order valence-corrected chi connectivity index (χ4v) is 3.29. The van der Waals surface area contributed by atoms with Gasteiger partial charge in [0.15, 0.2) is 0 Å². The molecular weight excluding hydrogens is 411 g/mol. The minimum absolute atomic E-state index is 0.133. The van der Waals surface area contributed by atoms with E-state index in [1.54, 1.807) is 4.90 Å². The summed E-state index contributed by atoms with van der Waals surface area (Å²) in [4.78, 5) is 29.4. The van der Waals surface area contributed by atoms with Gasteiger partial charge in [0.2, 0.25) is 5.91 Å². The molecule has 0 aliphatic rings. The van der Waals surface area contributed by atoms with E-state index < -0.39 is 5.82 Å². The van der Waals surface area contributed by atoms with Gasteiger partial charge < -0.3 is 19.0 Å². The van der Waals surface area contributed by atoms with E-state index in [0.717, 1.165) is 11.3 Å². The second-order valence-electron chi connectivity index (χ2n) is 7.47. The number of hydrogen-bond acceptors (Lipinski definition) is 4. The SMILES string of the molecule is COCCN(CC(=O)N(Cc1ccccc1)Cc1ccc(C)o1)C(=O)c1ccc(F)cc1. The summed E-state index contributed by atoms with van der Waals surface area (Å²) >= 11 is 0. The van der Waals surface area contributed by atoms with Crippen molar-refractivity contribution in [2.75, 3.05) is 26.8 Å². The molecule has 0 saturated carbocycles. The van der Waals surface area contributed by atoms with Crippen LogP contribution in [-0.2, 0) is 22.6 Å². The average Bonchev–Trinajstić information content (AvgIpc) is 3.21. The van der Waals surface area contributed by atoms with Crippen LogP contribution >= 0.6 is 0 Å². The summed E-state index contributed by atoms with van der Waals surface area (Å²) in [7, 11) is 1.53. The molecule has 0 bridgehead atoms. The molecule has 0 fully saturated rings. The van der Waals surface area contributed by atoms with Gasteiger partial charge in [-0.1, -0.05) is 30.3 Å². The monoisotopic (exact) mass is 438 g/mol. The Hall–Kier alpha value is -3.45. The van der Waals surface area contributed by atoms with Crippen LogP contribution in [0.1, 0.15) is 27.4 Å². The molecule has 168 valence electrons. The summed E-state index contributed by atoms with van der Waals surface area (Å²) in [6, 6.07) is 18.6. The Morgan fingerprint density at radius 3 is 2.28 bits per heavy atom. The van der Waals surface area contributed by atoms with E-state index in [-0.39, 0.29) is 38.1 Å². The second-order valence-corrected chi connectivity index (χ2v) is 7.47. The fraction of sp³-hybridized carbons (Fsp3) is 0.280. The number of carbonyl (C=O) groups is 2. The molecule has 0 radical (unpaired) electrons. The van der Waals surface area contributed by atoms with E-state index in [0.29, 0.717) is 17.9 Å². The molecule has 1 aromatic heterocycles. The molecule has 0 atom stereocenters. The minimum atomic E-state index is -0.427. The fourth-order valence-electron chi connectivity index (χ4n) is 3.29. The normalized spacial score (nSPS) is 10.7. The first-order valence-corrected chi connectivity index (χ1v) is 10.4. The number of nitrogens with zero attached hydrogens (tertiary/aromatic N) is 2. The zero-order chi connectivity index (χ0) is 22.9. The van der Waals surface area contributed by atoms with Crippen molar-refractivity contribution in [2.45, 2.75) is 20.0 Å². The molecule has 1 heterocycles. The highest BCUT2D eigenvalue weighted by Crippen LogP contribution is 2.15. The number of benzene rings is 2. The molecule has 0 aliphatic carbocycles. The van der Waals surface area contributed by atoms with Gasteiger partial charge in [0.1, 0.15) is 23.9 Å². The van der Waals surface area contributed by atoms with Crippen LogP contribution in [0, 0.1) is 12.7 Å². The molecule has 3 aromatic rings. The lowest BCUT2D eigenvalue weighted by molar-refractivity contribution is -0.133. The van der Waals surface area contributed by atoms with Crippen molar-refractivity contribution in [1.29, 1.82) is 0 Å². The molecular formula is C25H27FN2O4. The summed E-state index contributed by atoms with van der Waals surface area (Å²) in [5.41, 5.74) is 1.28. The van der Waals surface area contributed by atoms with E-state index in [1.165, 1.54) is 36.3 Å². The predicted molar refractivity (Wildman–Crippen MR) is 118 cm³/mol. The Morgan fingerprint density at radius 2 is 1.66 bits per heavy atom. The number of halogens is 1. The molecule has 0 unspecified atom stereocenters. The molecule has 2 aromatic carbocycles. The first-order valence-electron chi connectivity index (χ1n) is 10.4. The third-order valence-electron chi connectivity index (χ3n) is 4.98. The van der Waals surface area contributed by atoms with Crippen molar-refractivity contribution in [1.82, 2.24) is 9.80 Å². The Morgan fingerprint density at radius 1 is 0.938 bits per heavy atom. The maximum atomic E-state index is 13.3. The van der Waals surface area contributed by atoms with Crippen LogP contribution in [0.2, 0.25) is 0 Å². The van der Waals surface area contributed by atoms with Crippen molar-refractivity contribution in [2.24, 2.45) is 0 Å². The molecule has 6 nitrogen and oxygen atoms in total. The summed E-state index contributed by atoms with van der Waals surface area (Å²) in [6.07, 6.45) is 0. The van der Waals surface area contributed by atoms with Gasteiger partial charge in [0.25, 0.3) is 5.91 Å². The zero-order valence-corrected chi connectivity index (χ0v) is 18.3. The van der Waals surface area contributed by atoms with Crippen LogP contribution in [0.5, 0.6) is 0 Å². The molecule has 0 N–H and O–H groups in total. The maximum Gasteiger partial charge on any atom is 0.254 e. The van der Waals surface area contributed by atoms with Gasteiger partial charge in [-0.05, 0) is 48.9 Å². The Bertz CT molecular complexity index is 1020. The first kappa shape index (κ1) is 23.2. The molecule has 3 rings (SSSR count). The van der Waals surface area contributed by atoms with Crippen molar-refractivity contribution in [3.8, 4) is 0 Å². The van der Waals surface area contributed by atoms with Crippen molar-refractivity contribution in [3.05, 3.63) is 95.2 Å². The Kier molecular flexibility index (Phi) is 8.16. The number of furan rings is 1. The van der Waals surface area contributed by atoms with E-state index in [9.17, 15) is 14.0 Å². The van der Waals surface area contributed by atoms with Gasteiger partial charge >= 0.3 is 0 Å². The van der Waals surface area contributed by atoms with Crippen LogP contribution < -0.4 is 0 Å². The van der Waals surface area contributed by atoms with Gasteiger partial charge in [0, 0.05) is 25.8 Å². The molecule has 32 heavy (non-hydrogen) atoms. The molecule has 7 heteroatoms. The molecule has 0 aliphatic heterocycles. The van der Waals surface area contributed by atoms with Crippen LogP contribution in [0.3, 0.4) is 0 Å². The third-order valence-corrected chi connectivity index (χ3v) is 4.98. The van der Waals surface area contributed by atoms with Crippen molar-refractivity contribution < 1.29 is 23.1 Å². The van der Waals surface area contributed by atoms with E-state index >= 15 is 0 Å². The topological polar surface area (TPSA) is 63.0 Å². The number of carbonyl (C=O) groups excluding carboxylic acids is 2. The molecule has 0 saturated heterocycles. The minimum Gasteiger partial charge on any atom is -0.464 e. The number of methoxy groups -OCH3 is 1. The van der Waals surface area contributed by atoms with Crippen molar-refractivity contribution in [3.63, 3.8) is 0 Å². The van der Waals surface area contributed by atoms with Crippen LogP contribution in [0.15, 0.2) is 71.1 Å². The summed E-state index contributed by atoms with van der Waals surface area (Å²) in [5, 5.41) is 0. The standard InChI is InChI=1S/C25H27FN2O4/c1-19-8-13-23(32-19)17-28(16-20-6-4-3-5-7-20)24(29)18-27(14-15-31-2)25(30)21-9-11-22(26)12-10-21/h3-13H,14-18H2,1-2H3. The summed E-state index contributed by atoms with van der Waals surface area (Å²) < 4.78 is 24.1. The number of hydrogen-bond donors (Lipinski definition) is 0. The van der Waals surface area contributed by atoms with Gasteiger partial charge in [-0.2, -0.15) is 0 Å². The van der Waals surface area contributed by atoms with Crippen LogP contribution in [0.25, 0.3) is 0 Å². The van der Waals surface area contributed by atoms with Crippen LogP contribution in [0.4, 0.5) is 4.39 Å². The zero-order valence-electron chi connectivity index (χ0n) is 18.3. The summed E-state index contributed by atoms with van der Waals surface area (Å²) in [6.45, 7) is 2.88. The lowest BCUT2D eigenvalue weighted by Gasteiger charge is -2.27. The van der Waals surface area contributed by atoms with Gasteiger partial charge in [-0.25, -0.2) is 4.39 Å². The van der Waals surface area contributed by atoms with Crippen molar-refractivity contribution >= 4 is 11.8 Å². The number of aryl methyl sites for hydroxylation is 1. The molecule has 2 amide bonds. The highest BCUT2D eigenvalue weighted by atomic mass is 19.1. The largest absolute Gasteiger partial charge is 0.464 e. The predicted octanol–water partition coefficient (Wildman–Crippen LogP) is 4.04. The highest BCUT2D eigenvalue weighted by Gasteiger charge is 2.23. The van der Waals surface area contributed by atoms with E-state index in [4.69, 9.17) is 9.15 Å².